The molecule has 3 heterocycles. The molecule has 0 saturated carbocycles. The minimum Gasteiger partial charge on any atom is -0.481 e. The Morgan fingerprint density at radius 2 is 2.07 bits per heavy atom. The van der Waals surface area contributed by atoms with E-state index in [0.29, 0.717) is 32.2 Å². The van der Waals surface area contributed by atoms with Crippen molar-refractivity contribution in [1.82, 2.24) is 19.6 Å². The van der Waals surface area contributed by atoms with E-state index in [0.717, 1.165) is 17.0 Å². The molecule has 150 valence electrons. The van der Waals surface area contributed by atoms with Gasteiger partial charge in [0.1, 0.15) is 5.65 Å². The molecule has 2 amide bonds. The SMILES string of the molecule is Cc1nc2ccccn2c1CN(C)C(=O)CCC1(CCC(=O)O)CCC(=O)N1. The number of hydrogen-bond donors (Lipinski definition) is 2. The maximum absolute atomic E-state index is 12.7. The predicted octanol–water partition coefficient (Wildman–Crippen LogP) is 1.89. The molecule has 1 fully saturated rings. The molecule has 0 spiro atoms. The number of aliphatic carboxylic acids is 1. The van der Waals surface area contributed by atoms with Gasteiger partial charge in [0.15, 0.2) is 0 Å². The summed E-state index contributed by atoms with van der Waals surface area (Å²) in [4.78, 5) is 41.5. The zero-order valence-corrected chi connectivity index (χ0v) is 16.3. The van der Waals surface area contributed by atoms with Crippen molar-refractivity contribution < 1.29 is 19.5 Å². The van der Waals surface area contributed by atoms with Gasteiger partial charge >= 0.3 is 5.97 Å². The number of imidazole rings is 1. The van der Waals surface area contributed by atoms with Gasteiger partial charge in [-0.3, -0.25) is 14.4 Å². The molecule has 2 aromatic heterocycles. The Kier molecular flexibility index (Phi) is 5.67. The van der Waals surface area contributed by atoms with Gasteiger partial charge in [-0.05, 0) is 38.3 Å². The number of nitrogens with one attached hydrogen (secondary N) is 1. The van der Waals surface area contributed by atoms with Gasteiger partial charge in [-0.15, -0.1) is 0 Å². The lowest BCUT2D eigenvalue weighted by Crippen LogP contribution is -2.43. The molecule has 1 aliphatic rings. The molecule has 3 rings (SSSR count). The Labute approximate surface area is 163 Å². The van der Waals surface area contributed by atoms with E-state index in [1.165, 1.54) is 0 Å². The number of amides is 2. The average molecular weight is 386 g/mol. The minimum atomic E-state index is -0.896. The monoisotopic (exact) mass is 386 g/mol. The second-order valence-corrected chi connectivity index (χ2v) is 7.54. The minimum absolute atomic E-state index is 0.0225. The maximum Gasteiger partial charge on any atom is 0.303 e. The maximum atomic E-state index is 12.7. The summed E-state index contributed by atoms with van der Waals surface area (Å²) in [5.41, 5.74) is 2.09. The first kappa shape index (κ1) is 19.9. The number of aryl methyl sites for hydroxylation is 1. The fourth-order valence-corrected chi connectivity index (χ4v) is 3.82. The van der Waals surface area contributed by atoms with Crippen LogP contribution in [0.25, 0.3) is 5.65 Å². The Morgan fingerprint density at radius 1 is 1.32 bits per heavy atom. The number of aromatic nitrogens is 2. The van der Waals surface area contributed by atoms with Crippen LogP contribution < -0.4 is 5.32 Å². The number of rotatable bonds is 8. The first-order chi connectivity index (χ1) is 13.3. The fourth-order valence-electron chi connectivity index (χ4n) is 3.82. The number of carboxylic acid groups (broad SMARTS) is 1. The smallest absolute Gasteiger partial charge is 0.303 e. The van der Waals surface area contributed by atoms with Crippen molar-refractivity contribution in [2.45, 2.75) is 57.5 Å². The standard InChI is InChI=1S/C20H26N4O4/c1-14-15(24-12-4-3-5-16(24)21-14)13-23(2)18(26)7-10-20(11-8-19(27)28)9-6-17(25)22-20/h3-5,12H,6-11,13H2,1-2H3,(H,22,25)(H,27,28). The molecule has 0 aromatic carbocycles. The van der Waals surface area contributed by atoms with Crippen molar-refractivity contribution in [1.29, 1.82) is 0 Å². The highest BCUT2D eigenvalue weighted by atomic mass is 16.4. The Bertz CT molecular complexity index is 907. The summed E-state index contributed by atoms with van der Waals surface area (Å²) >= 11 is 0. The second-order valence-electron chi connectivity index (χ2n) is 7.54. The first-order valence-corrected chi connectivity index (χ1v) is 9.49. The summed E-state index contributed by atoms with van der Waals surface area (Å²) in [6.07, 6.45) is 3.90. The van der Waals surface area contributed by atoms with Crippen LogP contribution in [0.3, 0.4) is 0 Å². The van der Waals surface area contributed by atoms with E-state index in [1.807, 2.05) is 35.7 Å². The van der Waals surface area contributed by atoms with E-state index in [-0.39, 0.29) is 24.7 Å². The molecular weight excluding hydrogens is 360 g/mol. The third kappa shape index (κ3) is 4.32. The Hall–Kier alpha value is -2.90. The molecular formula is C20H26N4O4. The van der Waals surface area contributed by atoms with Gasteiger partial charge in [-0.1, -0.05) is 6.07 Å². The zero-order valence-electron chi connectivity index (χ0n) is 16.3. The Morgan fingerprint density at radius 3 is 2.75 bits per heavy atom. The summed E-state index contributed by atoms with van der Waals surface area (Å²) < 4.78 is 1.98. The van der Waals surface area contributed by atoms with Crippen LogP contribution >= 0.6 is 0 Å². The summed E-state index contributed by atoms with van der Waals surface area (Å²) in [6, 6.07) is 5.77. The van der Waals surface area contributed by atoms with E-state index in [4.69, 9.17) is 5.11 Å². The van der Waals surface area contributed by atoms with Gasteiger partial charge in [-0.2, -0.15) is 0 Å². The number of hydrogen-bond acceptors (Lipinski definition) is 4. The number of carbonyl (C=O) groups is 3. The molecule has 0 aliphatic carbocycles. The van der Waals surface area contributed by atoms with E-state index < -0.39 is 11.5 Å². The third-order valence-electron chi connectivity index (χ3n) is 5.51. The largest absolute Gasteiger partial charge is 0.481 e. The average Bonchev–Trinajstić information content (AvgIpc) is 3.18. The summed E-state index contributed by atoms with van der Waals surface area (Å²) in [5.74, 6) is -1.01. The quantitative estimate of drug-likeness (QED) is 0.721. The molecule has 28 heavy (non-hydrogen) atoms. The van der Waals surface area contributed by atoms with E-state index in [9.17, 15) is 14.4 Å². The normalized spacial score (nSPS) is 19.0. The van der Waals surface area contributed by atoms with Crippen LogP contribution in [-0.4, -0.2) is 49.8 Å². The van der Waals surface area contributed by atoms with Gasteiger partial charge in [-0.25, -0.2) is 4.98 Å². The van der Waals surface area contributed by atoms with E-state index >= 15 is 0 Å². The van der Waals surface area contributed by atoms with Crippen LogP contribution in [-0.2, 0) is 20.9 Å². The number of carboxylic acids is 1. The highest BCUT2D eigenvalue weighted by molar-refractivity contribution is 5.80. The van der Waals surface area contributed by atoms with Crippen LogP contribution in [0.1, 0.15) is 49.9 Å². The molecule has 8 heteroatoms. The van der Waals surface area contributed by atoms with E-state index in [1.54, 1.807) is 11.9 Å². The lowest BCUT2D eigenvalue weighted by molar-refractivity contribution is -0.137. The number of fused-ring (bicyclic) bond motifs is 1. The van der Waals surface area contributed by atoms with Crippen molar-refractivity contribution in [3.8, 4) is 0 Å². The van der Waals surface area contributed by atoms with Crippen molar-refractivity contribution >= 4 is 23.4 Å². The fraction of sp³-hybridized carbons (Fsp3) is 0.500. The van der Waals surface area contributed by atoms with Crippen LogP contribution in [0.5, 0.6) is 0 Å². The highest BCUT2D eigenvalue weighted by Crippen LogP contribution is 2.30. The molecule has 1 atom stereocenters. The molecule has 1 aliphatic heterocycles. The summed E-state index contributed by atoms with van der Waals surface area (Å²) in [5, 5.41) is 11.9. The van der Waals surface area contributed by atoms with Crippen LogP contribution in [0.2, 0.25) is 0 Å². The van der Waals surface area contributed by atoms with E-state index in [2.05, 4.69) is 10.3 Å². The number of pyridine rings is 1. The number of carbonyl (C=O) groups excluding carboxylic acids is 2. The highest BCUT2D eigenvalue weighted by Gasteiger charge is 2.38. The molecule has 1 unspecified atom stereocenters. The van der Waals surface area contributed by atoms with Crippen molar-refractivity contribution in [3.05, 3.63) is 35.8 Å². The van der Waals surface area contributed by atoms with Gasteiger partial charge in [0, 0.05) is 38.0 Å². The molecule has 2 aromatic rings. The molecule has 0 bridgehead atoms. The van der Waals surface area contributed by atoms with Gasteiger partial charge in [0.2, 0.25) is 11.8 Å². The summed E-state index contributed by atoms with van der Waals surface area (Å²) in [6.45, 7) is 2.36. The lowest BCUT2D eigenvalue weighted by Gasteiger charge is -2.29. The molecule has 2 N–H and O–H groups in total. The van der Waals surface area contributed by atoms with Gasteiger partial charge < -0.3 is 19.7 Å². The van der Waals surface area contributed by atoms with Crippen LogP contribution in [0.4, 0.5) is 0 Å². The van der Waals surface area contributed by atoms with Gasteiger partial charge in [0.05, 0.1) is 17.9 Å². The first-order valence-electron chi connectivity index (χ1n) is 9.49. The van der Waals surface area contributed by atoms with Crippen molar-refractivity contribution in [2.24, 2.45) is 0 Å². The van der Waals surface area contributed by atoms with Crippen molar-refractivity contribution in [2.75, 3.05) is 7.05 Å². The molecule has 1 saturated heterocycles. The van der Waals surface area contributed by atoms with Crippen LogP contribution in [0, 0.1) is 6.92 Å². The molecule has 0 radical (unpaired) electrons. The topological polar surface area (TPSA) is 104 Å². The zero-order chi connectivity index (χ0) is 20.3. The van der Waals surface area contributed by atoms with Gasteiger partial charge in [0.25, 0.3) is 0 Å². The van der Waals surface area contributed by atoms with Crippen molar-refractivity contribution in [3.63, 3.8) is 0 Å². The molecule has 8 nitrogen and oxygen atoms in total. The van der Waals surface area contributed by atoms with Crippen LogP contribution in [0.15, 0.2) is 24.4 Å². The second kappa shape index (κ2) is 8.00. The summed E-state index contributed by atoms with van der Waals surface area (Å²) in [7, 11) is 1.75. The Balaban J connectivity index is 1.63. The number of nitrogens with zero attached hydrogens (tertiary/aromatic N) is 3. The lowest BCUT2D eigenvalue weighted by atomic mass is 9.86. The third-order valence-corrected chi connectivity index (χ3v) is 5.51. The predicted molar refractivity (Wildman–Crippen MR) is 103 cm³/mol.